The van der Waals surface area contributed by atoms with Gasteiger partial charge in [-0.2, -0.15) is 4.98 Å². The first kappa shape index (κ1) is 24.7. The molecule has 0 unspecified atom stereocenters. The third kappa shape index (κ3) is 6.60. The van der Waals surface area contributed by atoms with E-state index in [0.29, 0.717) is 43.8 Å². The number of likely N-dealkylation sites (tertiary alicyclic amines) is 1. The van der Waals surface area contributed by atoms with Crippen molar-refractivity contribution < 1.29 is 18.8 Å². The maximum absolute atomic E-state index is 12.8. The second-order valence-electron chi connectivity index (χ2n) is 8.80. The van der Waals surface area contributed by atoms with Crippen LogP contribution in [0.2, 0.25) is 0 Å². The summed E-state index contributed by atoms with van der Waals surface area (Å²) in [6.07, 6.45) is 1.61. The Balaban J connectivity index is 1.25. The Kier molecular flexibility index (Phi) is 8.36. The van der Waals surface area contributed by atoms with Crippen LogP contribution in [0.4, 0.5) is 0 Å². The highest BCUT2D eigenvalue weighted by molar-refractivity contribution is 5.78. The van der Waals surface area contributed by atoms with Crippen molar-refractivity contribution in [3.8, 4) is 22.9 Å². The molecule has 8 heteroatoms. The smallest absolute Gasteiger partial charge is 0.241 e. The van der Waals surface area contributed by atoms with E-state index in [1.807, 2.05) is 63.2 Å². The molecule has 2 aromatic carbocycles. The lowest BCUT2D eigenvalue weighted by molar-refractivity contribution is -0.126. The van der Waals surface area contributed by atoms with Crippen LogP contribution in [-0.2, 0) is 17.9 Å². The third-order valence-corrected chi connectivity index (χ3v) is 6.14. The van der Waals surface area contributed by atoms with Gasteiger partial charge in [0.25, 0.3) is 0 Å². The molecule has 1 aliphatic heterocycles. The number of benzene rings is 2. The van der Waals surface area contributed by atoms with Gasteiger partial charge in [0.15, 0.2) is 11.5 Å². The number of aryl methyl sites for hydroxylation is 1. The van der Waals surface area contributed by atoms with Crippen LogP contribution in [-0.4, -0.2) is 47.3 Å². The van der Waals surface area contributed by atoms with Crippen molar-refractivity contribution in [2.45, 2.75) is 46.7 Å². The van der Waals surface area contributed by atoms with Crippen LogP contribution in [0.1, 0.15) is 43.7 Å². The summed E-state index contributed by atoms with van der Waals surface area (Å²) in [5.41, 5.74) is 3.10. The number of ether oxygens (including phenoxy) is 2. The van der Waals surface area contributed by atoms with E-state index in [4.69, 9.17) is 14.0 Å². The van der Waals surface area contributed by atoms with E-state index in [2.05, 4.69) is 20.4 Å². The van der Waals surface area contributed by atoms with Crippen molar-refractivity contribution in [2.75, 3.05) is 26.3 Å². The summed E-state index contributed by atoms with van der Waals surface area (Å²) < 4.78 is 16.8. The van der Waals surface area contributed by atoms with Gasteiger partial charge < -0.3 is 19.3 Å². The van der Waals surface area contributed by atoms with E-state index in [0.717, 1.165) is 48.4 Å². The minimum atomic E-state index is 0.00542. The van der Waals surface area contributed by atoms with Crippen LogP contribution in [0.5, 0.6) is 11.5 Å². The number of carbonyl (C=O) groups is 1. The van der Waals surface area contributed by atoms with E-state index >= 15 is 0 Å². The lowest BCUT2D eigenvalue weighted by Gasteiger charge is -2.30. The van der Waals surface area contributed by atoms with Crippen LogP contribution in [0, 0.1) is 12.8 Å². The van der Waals surface area contributed by atoms with Crippen molar-refractivity contribution in [2.24, 2.45) is 5.92 Å². The lowest BCUT2D eigenvalue weighted by Crippen LogP contribution is -2.40. The lowest BCUT2D eigenvalue weighted by atomic mass is 9.96. The topological polar surface area (TPSA) is 89.7 Å². The molecule has 1 N–H and O–H groups in total. The summed E-state index contributed by atoms with van der Waals surface area (Å²) in [6.45, 7) is 9.77. The number of rotatable bonds is 10. The molecule has 1 saturated heterocycles. The number of aromatic nitrogens is 2. The quantitative estimate of drug-likeness (QED) is 0.463. The third-order valence-electron chi connectivity index (χ3n) is 6.14. The Morgan fingerprint density at radius 1 is 1.09 bits per heavy atom. The Morgan fingerprint density at radius 3 is 2.60 bits per heavy atom. The summed E-state index contributed by atoms with van der Waals surface area (Å²) in [7, 11) is 0. The number of nitrogens with one attached hydrogen (secondary N) is 1. The average molecular weight is 479 g/mol. The van der Waals surface area contributed by atoms with Crippen molar-refractivity contribution in [1.29, 1.82) is 0 Å². The van der Waals surface area contributed by atoms with Crippen LogP contribution in [0.15, 0.2) is 47.0 Å². The van der Waals surface area contributed by atoms with Gasteiger partial charge in [-0.1, -0.05) is 35.0 Å². The molecule has 8 nitrogen and oxygen atoms in total. The maximum Gasteiger partial charge on any atom is 0.241 e. The van der Waals surface area contributed by atoms with E-state index in [9.17, 15) is 4.79 Å². The molecule has 1 amide bonds. The molecular weight excluding hydrogens is 444 g/mol. The molecule has 0 spiro atoms. The Morgan fingerprint density at radius 2 is 1.86 bits per heavy atom. The maximum atomic E-state index is 12.8. The van der Waals surface area contributed by atoms with Gasteiger partial charge in [-0.3, -0.25) is 9.69 Å². The Labute approximate surface area is 206 Å². The SMILES string of the molecule is CCOc1ccc(CNC(=O)C2CCN(Cc3nc(-c4cccc(C)c4)no3)CC2)cc1OCC. The van der Waals surface area contributed by atoms with Crippen molar-refractivity contribution in [1.82, 2.24) is 20.4 Å². The van der Waals surface area contributed by atoms with Gasteiger partial charge in [0.1, 0.15) is 0 Å². The number of hydrogen-bond acceptors (Lipinski definition) is 7. The van der Waals surface area contributed by atoms with Crippen molar-refractivity contribution >= 4 is 5.91 Å². The summed E-state index contributed by atoms with van der Waals surface area (Å²) in [5, 5.41) is 7.21. The minimum Gasteiger partial charge on any atom is -0.490 e. The van der Waals surface area contributed by atoms with Gasteiger partial charge >= 0.3 is 0 Å². The largest absolute Gasteiger partial charge is 0.490 e. The molecular formula is C27H34N4O4. The molecule has 4 rings (SSSR count). The summed E-state index contributed by atoms with van der Waals surface area (Å²) in [4.78, 5) is 19.6. The molecule has 2 heterocycles. The molecule has 0 radical (unpaired) electrons. The highest BCUT2D eigenvalue weighted by atomic mass is 16.5. The second kappa shape index (κ2) is 11.8. The number of hydrogen-bond donors (Lipinski definition) is 1. The van der Waals surface area contributed by atoms with Gasteiger partial charge in [-0.15, -0.1) is 0 Å². The van der Waals surface area contributed by atoms with E-state index in [-0.39, 0.29) is 11.8 Å². The zero-order valence-corrected chi connectivity index (χ0v) is 20.8. The molecule has 1 aromatic heterocycles. The van der Waals surface area contributed by atoms with Gasteiger partial charge in [0, 0.05) is 18.0 Å². The number of carbonyl (C=O) groups excluding carboxylic acids is 1. The Bertz CT molecular complexity index is 1120. The Hall–Kier alpha value is -3.39. The fourth-order valence-corrected chi connectivity index (χ4v) is 4.30. The molecule has 0 aliphatic carbocycles. The van der Waals surface area contributed by atoms with Crippen LogP contribution in [0.25, 0.3) is 11.4 Å². The van der Waals surface area contributed by atoms with Gasteiger partial charge in [-0.25, -0.2) is 0 Å². The fourth-order valence-electron chi connectivity index (χ4n) is 4.30. The van der Waals surface area contributed by atoms with Crippen molar-refractivity contribution in [3.63, 3.8) is 0 Å². The molecule has 0 bridgehead atoms. The first-order valence-corrected chi connectivity index (χ1v) is 12.3. The van der Waals surface area contributed by atoms with Crippen molar-refractivity contribution in [3.05, 3.63) is 59.5 Å². The van der Waals surface area contributed by atoms with Crippen LogP contribution < -0.4 is 14.8 Å². The first-order chi connectivity index (χ1) is 17.1. The average Bonchev–Trinajstić information content (AvgIpc) is 3.33. The number of piperidine rings is 1. The highest BCUT2D eigenvalue weighted by Crippen LogP contribution is 2.28. The molecule has 186 valence electrons. The molecule has 0 saturated carbocycles. The predicted molar refractivity (Wildman–Crippen MR) is 133 cm³/mol. The van der Waals surface area contributed by atoms with E-state index in [1.54, 1.807) is 0 Å². The number of nitrogens with zero attached hydrogens (tertiary/aromatic N) is 3. The molecule has 3 aromatic rings. The summed E-state index contributed by atoms with van der Waals surface area (Å²) in [5.74, 6) is 2.75. The first-order valence-electron chi connectivity index (χ1n) is 12.3. The van der Waals surface area contributed by atoms with E-state index in [1.165, 1.54) is 0 Å². The second-order valence-corrected chi connectivity index (χ2v) is 8.80. The summed E-state index contributed by atoms with van der Waals surface area (Å²) in [6, 6.07) is 13.9. The number of amides is 1. The standard InChI is InChI=1S/C27H34N4O4/c1-4-33-23-10-9-20(16-24(23)34-5-2)17-28-27(32)21-11-13-31(14-12-21)18-25-29-26(30-35-25)22-8-6-7-19(3)15-22/h6-10,15-16,21H,4-5,11-14,17-18H2,1-3H3,(H,28,32). The van der Waals surface area contributed by atoms with Crippen LogP contribution >= 0.6 is 0 Å². The van der Waals surface area contributed by atoms with E-state index < -0.39 is 0 Å². The molecule has 1 aliphatic rings. The minimum absolute atomic E-state index is 0.00542. The highest BCUT2D eigenvalue weighted by Gasteiger charge is 2.26. The fraction of sp³-hybridized carbons (Fsp3) is 0.444. The van der Waals surface area contributed by atoms with Gasteiger partial charge in [-0.05, 0) is 70.5 Å². The van der Waals surface area contributed by atoms with Gasteiger partial charge in [0.2, 0.25) is 17.6 Å². The summed E-state index contributed by atoms with van der Waals surface area (Å²) >= 11 is 0. The zero-order valence-electron chi connectivity index (χ0n) is 20.8. The van der Waals surface area contributed by atoms with Gasteiger partial charge in [0.05, 0.1) is 19.8 Å². The molecule has 0 atom stereocenters. The normalized spacial score (nSPS) is 14.6. The molecule has 35 heavy (non-hydrogen) atoms. The monoisotopic (exact) mass is 478 g/mol. The van der Waals surface area contributed by atoms with Crippen LogP contribution in [0.3, 0.4) is 0 Å². The molecule has 1 fully saturated rings. The predicted octanol–water partition coefficient (Wildman–Crippen LogP) is 4.37. The zero-order chi connectivity index (χ0) is 24.6.